The summed E-state index contributed by atoms with van der Waals surface area (Å²) in [6.07, 6.45) is 26.6. The monoisotopic (exact) mass is 565 g/mol. The number of allylic oxidation sites excluding steroid dienone is 1. The fraction of sp³-hybridized carbons (Fsp3) is 0.543. The zero-order valence-electron chi connectivity index (χ0n) is 25.6. The Kier molecular flexibility index (Phi) is 8.19. The van der Waals surface area contributed by atoms with Crippen molar-refractivity contribution in [1.29, 1.82) is 0 Å². The van der Waals surface area contributed by atoms with Crippen LogP contribution in [-0.4, -0.2) is 44.9 Å². The Morgan fingerprint density at radius 2 is 1.79 bits per heavy atom. The van der Waals surface area contributed by atoms with E-state index in [0.29, 0.717) is 16.9 Å². The SMILES string of the molecule is C=Cc1cnn2cc(/C(C=NC3CCC4(CCCC4)CC3)=C/N)nc(-c3ccc(N4CCC(CC)(CC)CC4)nc3)c12. The maximum absolute atomic E-state index is 6.16. The van der Waals surface area contributed by atoms with E-state index < -0.39 is 0 Å². The average Bonchev–Trinajstić information content (AvgIpc) is 3.69. The number of fused-ring (bicyclic) bond motifs is 1. The van der Waals surface area contributed by atoms with E-state index in [1.165, 1.54) is 77.0 Å². The molecule has 3 aromatic rings. The first kappa shape index (κ1) is 28.6. The van der Waals surface area contributed by atoms with Gasteiger partial charge in [-0.1, -0.05) is 52.2 Å². The van der Waals surface area contributed by atoms with Crippen LogP contribution in [0.4, 0.5) is 5.82 Å². The van der Waals surface area contributed by atoms with Crippen molar-refractivity contribution in [2.24, 2.45) is 21.6 Å². The van der Waals surface area contributed by atoms with E-state index in [2.05, 4.69) is 42.6 Å². The van der Waals surface area contributed by atoms with Gasteiger partial charge in [0, 0.05) is 54.4 Å². The van der Waals surface area contributed by atoms with Gasteiger partial charge in [0.2, 0.25) is 0 Å². The fourth-order valence-electron chi connectivity index (χ4n) is 7.78. The molecule has 0 bridgehead atoms. The van der Waals surface area contributed by atoms with Crippen LogP contribution < -0.4 is 10.6 Å². The zero-order valence-corrected chi connectivity index (χ0v) is 25.6. The van der Waals surface area contributed by atoms with Crippen molar-refractivity contribution in [2.45, 2.75) is 96.9 Å². The van der Waals surface area contributed by atoms with Crippen molar-refractivity contribution < 1.29 is 0 Å². The van der Waals surface area contributed by atoms with E-state index >= 15 is 0 Å². The molecule has 4 heterocycles. The predicted octanol–water partition coefficient (Wildman–Crippen LogP) is 7.71. The van der Waals surface area contributed by atoms with E-state index in [-0.39, 0.29) is 0 Å². The molecule has 0 unspecified atom stereocenters. The normalized spacial score (nSPS) is 21.1. The highest BCUT2D eigenvalue weighted by Gasteiger charge is 2.37. The molecule has 3 aromatic heterocycles. The lowest BCUT2D eigenvalue weighted by molar-refractivity contribution is 0.183. The van der Waals surface area contributed by atoms with Gasteiger partial charge in [-0.2, -0.15) is 5.10 Å². The van der Waals surface area contributed by atoms with Crippen LogP contribution in [0.3, 0.4) is 0 Å². The first-order chi connectivity index (χ1) is 20.5. The highest BCUT2D eigenvalue weighted by molar-refractivity contribution is 6.09. The number of anilines is 1. The van der Waals surface area contributed by atoms with Crippen LogP contribution in [0.1, 0.15) is 102 Å². The first-order valence-corrected chi connectivity index (χ1v) is 16.2. The topological polar surface area (TPSA) is 84.7 Å². The van der Waals surface area contributed by atoms with Gasteiger partial charge in [-0.05, 0) is 74.3 Å². The van der Waals surface area contributed by atoms with Gasteiger partial charge in [0.15, 0.2) is 0 Å². The highest BCUT2D eigenvalue weighted by Crippen LogP contribution is 2.49. The van der Waals surface area contributed by atoms with Gasteiger partial charge in [0.1, 0.15) is 5.82 Å². The minimum Gasteiger partial charge on any atom is -0.404 e. The van der Waals surface area contributed by atoms with Crippen LogP contribution in [0, 0.1) is 10.8 Å². The molecule has 0 atom stereocenters. The van der Waals surface area contributed by atoms with Gasteiger partial charge >= 0.3 is 0 Å². The Bertz CT molecular complexity index is 1430. The van der Waals surface area contributed by atoms with Crippen molar-refractivity contribution in [2.75, 3.05) is 18.0 Å². The summed E-state index contributed by atoms with van der Waals surface area (Å²) in [6, 6.07) is 4.63. The summed E-state index contributed by atoms with van der Waals surface area (Å²) in [7, 11) is 0. The smallest absolute Gasteiger partial charge is 0.128 e. The number of nitrogens with zero attached hydrogens (tertiary/aromatic N) is 6. The van der Waals surface area contributed by atoms with Crippen molar-refractivity contribution in [3.05, 3.63) is 54.8 Å². The van der Waals surface area contributed by atoms with Gasteiger partial charge in [0.05, 0.1) is 29.3 Å². The number of hydrogen-bond donors (Lipinski definition) is 1. The second-order valence-corrected chi connectivity index (χ2v) is 13.0. The second kappa shape index (κ2) is 12.0. The van der Waals surface area contributed by atoms with Crippen molar-refractivity contribution in [3.8, 4) is 11.3 Å². The molecule has 0 aromatic carbocycles. The van der Waals surface area contributed by atoms with E-state index in [9.17, 15) is 0 Å². The molecule has 0 amide bonds. The summed E-state index contributed by atoms with van der Waals surface area (Å²) in [5, 5.41) is 4.63. The summed E-state index contributed by atoms with van der Waals surface area (Å²) < 4.78 is 1.88. The number of pyridine rings is 1. The average molecular weight is 566 g/mol. The van der Waals surface area contributed by atoms with E-state index in [0.717, 1.165) is 52.5 Å². The third-order valence-corrected chi connectivity index (χ3v) is 11.0. The first-order valence-electron chi connectivity index (χ1n) is 16.2. The molecule has 6 rings (SSSR count). The largest absolute Gasteiger partial charge is 0.404 e. The number of aromatic nitrogens is 4. The minimum atomic E-state index is 0.359. The summed E-state index contributed by atoms with van der Waals surface area (Å²) in [5.74, 6) is 1.03. The van der Waals surface area contributed by atoms with E-state index in [4.69, 9.17) is 20.7 Å². The number of aliphatic imine (C=N–C) groups is 1. The van der Waals surface area contributed by atoms with Crippen molar-refractivity contribution in [3.63, 3.8) is 0 Å². The Balaban J connectivity index is 1.24. The third kappa shape index (κ3) is 5.50. The molecule has 3 aliphatic rings. The van der Waals surface area contributed by atoms with Crippen molar-refractivity contribution >= 4 is 29.2 Å². The molecular weight excluding hydrogens is 518 g/mol. The molecule has 42 heavy (non-hydrogen) atoms. The van der Waals surface area contributed by atoms with Gasteiger partial charge in [0.25, 0.3) is 0 Å². The van der Waals surface area contributed by atoms with Gasteiger partial charge < -0.3 is 10.6 Å². The van der Waals surface area contributed by atoms with Gasteiger partial charge in [-0.15, -0.1) is 0 Å². The Morgan fingerprint density at radius 3 is 2.40 bits per heavy atom. The number of hydrogen-bond acceptors (Lipinski definition) is 6. The molecule has 0 radical (unpaired) electrons. The van der Waals surface area contributed by atoms with Crippen LogP contribution in [0.2, 0.25) is 0 Å². The van der Waals surface area contributed by atoms with Crippen LogP contribution in [-0.2, 0) is 0 Å². The fourth-order valence-corrected chi connectivity index (χ4v) is 7.78. The summed E-state index contributed by atoms with van der Waals surface area (Å²) in [6.45, 7) is 10.8. The molecule has 222 valence electrons. The molecule has 7 nitrogen and oxygen atoms in total. The molecule has 1 spiro atoms. The van der Waals surface area contributed by atoms with Crippen LogP contribution in [0.25, 0.3) is 28.4 Å². The molecule has 7 heteroatoms. The van der Waals surface area contributed by atoms with Gasteiger partial charge in [-0.3, -0.25) is 4.99 Å². The standard InChI is InChI=1S/C35H47N7/c1-4-26-24-39-42-25-30(28(21-36)23-37-29-11-15-35(16-12-29)13-7-8-14-35)40-32(33(26)42)27-9-10-31(38-22-27)41-19-17-34(5-2,6-3)18-20-41/h4,9-10,21-25,29H,1,5-8,11-20,36H2,2-3H3/b28-21+,37-23?. The van der Waals surface area contributed by atoms with Crippen LogP contribution >= 0.6 is 0 Å². The predicted molar refractivity (Wildman–Crippen MR) is 175 cm³/mol. The Labute approximate surface area is 251 Å². The quantitative estimate of drug-likeness (QED) is 0.283. The maximum Gasteiger partial charge on any atom is 0.128 e. The molecule has 2 N–H and O–H groups in total. The molecule has 3 fully saturated rings. The lowest BCUT2D eigenvalue weighted by Crippen LogP contribution is -2.40. The molecule has 2 saturated carbocycles. The summed E-state index contributed by atoms with van der Waals surface area (Å²) >= 11 is 0. The molecule has 1 aliphatic heterocycles. The lowest BCUT2D eigenvalue weighted by Gasteiger charge is -2.41. The summed E-state index contributed by atoms with van der Waals surface area (Å²) in [5.41, 5.74) is 12.4. The maximum atomic E-state index is 6.16. The summed E-state index contributed by atoms with van der Waals surface area (Å²) in [4.78, 5) is 17.5. The van der Waals surface area contributed by atoms with Crippen LogP contribution in [0.5, 0.6) is 0 Å². The second-order valence-electron chi connectivity index (χ2n) is 13.0. The molecular formula is C35H47N7. The molecule has 1 saturated heterocycles. The Hall–Kier alpha value is -3.48. The lowest BCUT2D eigenvalue weighted by atomic mass is 9.71. The number of rotatable bonds is 8. The highest BCUT2D eigenvalue weighted by atomic mass is 15.2. The molecule has 2 aliphatic carbocycles. The zero-order chi connectivity index (χ0) is 29.2. The van der Waals surface area contributed by atoms with E-state index in [1.54, 1.807) is 6.20 Å². The third-order valence-electron chi connectivity index (χ3n) is 11.0. The minimum absolute atomic E-state index is 0.359. The Morgan fingerprint density at radius 1 is 1.05 bits per heavy atom. The van der Waals surface area contributed by atoms with Crippen molar-refractivity contribution in [1.82, 2.24) is 19.6 Å². The van der Waals surface area contributed by atoms with Gasteiger partial charge in [-0.25, -0.2) is 14.5 Å². The number of nitrogens with two attached hydrogens (primary N) is 1. The number of piperidine rings is 1. The van der Waals surface area contributed by atoms with Crippen LogP contribution in [0.15, 0.2) is 48.5 Å². The van der Waals surface area contributed by atoms with E-state index in [1.807, 2.05) is 35.4 Å².